The maximum atomic E-state index is 14.8. The molecule has 188 valence electrons. The first-order chi connectivity index (χ1) is 17.6. The molecule has 4 rings (SSSR count). The van der Waals surface area contributed by atoms with Crippen molar-refractivity contribution in [2.75, 3.05) is 0 Å². The second kappa shape index (κ2) is 10.4. The van der Waals surface area contributed by atoms with Crippen molar-refractivity contribution in [3.8, 4) is 22.3 Å². The fraction of sp³-hybridized carbons (Fsp3) is 0.0345. The first-order valence-corrected chi connectivity index (χ1v) is 10.8. The average Bonchev–Trinajstić information content (AvgIpc) is 2.90. The zero-order chi connectivity index (χ0) is 26.9. The molecule has 0 bridgehead atoms. The van der Waals surface area contributed by atoms with Gasteiger partial charge < -0.3 is 0 Å². The number of halogens is 8. The quantitative estimate of drug-likeness (QED) is 0.141. The molecule has 37 heavy (non-hydrogen) atoms. The molecular formula is C29H16F8. The highest BCUT2D eigenvalue weighted by Crippen LogP contribution is 2.34. The van der Waals surface area contributed by atoms with E-state index < -0.39 is 52.1 Å². The lowest BCUT2D eigenvalue weighted by Crippen LogP contribution is -1.94. The van der Waals surface area contributed by atoms with Crippen molar-refractivity contribution in [3.05, 3.63) is 125 Å². The molecule has 4 aromatic carbocycles. The van der Waals surface area contributed by atoms with Gasteiger partial charge in [0.15, 0.2) is 34.9 Å². The second-order valence-corrected chi connectivity index (χ2v) is 8.08. The van der Waals surface area contributed by atoms with Gasteiger partial charge in [-0.05, 0) is 41.8 Å². The fourth-order valence-corrected chi connectivity index (χ4v) is 3.67. The van der Waals surface area contributed by atoms with Crippen molar-refractivity contribution in [2.24, 2.45) is 0 Å². The van der Waals surface area contributed by atoms with E-state index in [-0.39, 0.29) is 22.3 Å². The van der Waals surface area contributed by atoms with Gasteiger partial charge in [0.2, 0.25) is 0 Å². The molecule has 0 aliphatic carbocycles. The van der Waals surface area contributed by atoms with Gasteiger partial charge in [0.1, 0.15) is 11.6 Å². The summed E-state index contributed by atoms with van der Waals surface area (Å²) in [5.74, 6) is -10.4. The van der Waals surface area contributed by atoms with E-state index in [1.54, 1.807) is 12.1 Å². The highest BCUT2D eigenvalue weighted by atomic mass is 19.2. The maximum Gasteiger partial charge on any atom is 0.194 e. The van der Waals surface area contributed by atoms with Crippen LogP contribution >= 0.6 is 0 Å². The number of hydrogen-bond acceptors (Lipinski definition) is 0. The standard InChI is InChI=1S/C29H16F8/c1-15(30)26(34)18-6-2-16(3-7-18)17-4-8-19(9-5-17)27(35)28(36)20-10-11-22(23(31)12-20)21-13-24(32)29(37)25(33)14-21/h2-14H,1H3. The van der Waals surface area contributed by atoms with Gasteiger partial charge in [-0.15, -0.1) is 0 Å². The van der Waals surface area contributed by atoms with E-state index in [1.807, 2.05) is 0 Å². The molecule has 0 saturated heterocycles. The van der Waals surface area contributed by atoms with Gasteiger partial charge in [-0.2, -0.15) is 0 Å². The Balaban J connectivity index is 1.60. The summed E-state index contributed by atoms with van der Waals surface area (Å²) >= 11 is 0. The summed E-state index contributed by atoms with van der Waals surface area (Å²) < 4.78 is 111. The fourth-order valence-electron chi connectivity index (χ4n) is 3.67. The molecule has 0 nitrogen and oxygen atoms in total. The molecule has 8 heteroatoms. The van der Waals surface area contributed by atoms with Crippen LogP contribution in [0.3, 0.4) is 0 Å². The van der Waals surface area contributed by atoms with E-state index in [9.17, 15) is 35.1 Å². The minimum absolute atomic E-state index is 0.0596. The largest absolute Gasteiger partial charge is 0.209 e. The van der Waals surface area contributed by atoms with Gasteiger partial charge in [0, 0.05) is 22.3 Å². The van der Waals surface area contributed by atoms with Crippen LogP contribution < -0.4 is 0 Å². The van der Waals surface area contributed by atoms with Crippen LogP contribution in [0.2, 0.25) is 0 Å². The molecule has 4 aromatic rings. The van der Waals surface area contributed by atoms with Gasteiger partial charge >= 0.3 is 0 Å². The predicted molar refractivity (Wildman–Crippen MR) is 127 cm³/mol. The Morgan fingerprint density at radius 1 is 0.459 bits per heavy atom. The smallest absolute Gasteiger partial charge is 0.194 e. The van der Waals surface area contributed by atoms with Crippen LogP contribution in [0.5, 0.6) is 0 Å². The molecule has 0 atom stereocenters. The zero-order valence-electron chi connectivity index (χ0n) is 19.0. The van der Waals surface area contributed by atoms with E-state index in [4.69, 9.17) is 0 Å². The Bertz CT molecular complexity index is 1500. The maximum absolute atomic E-state index is 14.8. The summed E-state index contributed by atoms with van der Waals surface area (Å²) in [4.78, 5) is 0. The Labute approximate surface area is 206 Å². The van der Waals surface area contributed by atoms with Gasteiger partial charge in [-0.3, -0.25) is 0 Å². The highest BCUT2D eigenvalue weighted by Gasteiger charge is 2.17. The molecule has 0 aliphatic heterocycles. The van der Waals surface area contributed by atoms with Crippen LogP contribution in [0.4, 0.5) is 35.1 Å². The topological polar surface area (TPSA) is 0 Å². The third-order valence-corrected chi connectivity index (χ3v) is 5.62. The summed E-state index contributed by atoms with van der Waals surface area (Å²) in [5.41, 5.74) is 0.0284. The molecule has 0 radical (unpaired) electrons. The van der Waals surface area contributed by atoms with E-state index in [0.717, 1.165) is 19.1 Å². The summed E-state index contributed by atoms with van der Waals surface area (Å²) in [6, 6.07) is 15.3. The molecule has 0 heterocycles. The van der Waals surface area contributed by atoms with Gasteiger partial charge in [-0.1, -0.05) is 60.7 Å². The van der Waals surface area contributed by atoms with Crippen molar-refractivity contribution in [1.29, 1.82) is 0 Å². The normalized spacial score (nSPS) is 12.8. The van der Waals surface area contributed by atoms with Crippen LogP contribution in [-0.2, 0) is 0 Å². The van der Waals surface area contributed by atoms with Crippen LogP contribution in [0.1, 0.15) is 23.6 Å². The highest BCUT2D eigenvalue weighted by molar-refractivity contribution is 5.84. The SMILES string of the molecule is CC(F)=C(F)c1ccc(-c2ccc(C(F)=C(F)c3ccc(-c4cc(F)c(F)c(F)c4)c(F)c3)cc2)cc1. The minimum Gasteiger partial charge on any atom is -0.209 e. The molecule has 0 unspecified atom stereocenters. The molecular weight excluding hydrogens is 500 g/mol. The third-order valence-electron chi connectivity index (χ3n) is 5.62. The first kappa shape index (κ1) is 25.9. The molecule has 0 saturated carbocycles. The van der Waals surface area contributed by atoms with E-state index in [1.165, 1.54) is 36.4 Å². The van der Waals surface area contributed by atoms with E-state index in [0.29, 0.717) is 29.3 Å². The van der Waals surface area contributed by atoms with Crippen molar-refractivity contribution in [1.82, 2.24) is 0 Å². The van der Waals surface area contributed by atoms with Gasteiger partial charge in [0.05, 0.1) is 0 Å². The molecule has 0 aromatic heterocycles. The molecule has 0 spiro atoms. The summed E-state index contributed by atoms with van der Waals surface area (Å²) in [6.45, 7) is 1.000. The molecule has 0 amide bonds. The lowest BCUT2D eigenvalue weighted by molar-refractivity contribution is 0.447. The summed E-state index contributed by atoms with van der Waals surface area (Å²) in [5, 5.41) is 0. The number of rotatable bonds is 5. The second-order valence-electron chi connectivity index (χ2n) is 8.08. The summed E-state index contributed by atoms with van der Waals surface area (Å²) in [7, 11) is 0. The molecule has 0 fully saturated rings. The predicted octanol–water partition coefficient (Wildman–Crippen LogP) is 9.97. The lowest BCUT2D eigenvalue weighted by atomic mass is 10.00. The van der Waals surface area contributed by atoms with Crippen LogP contribution in [-0.4, -0.2) is 0 Å². The molecule has 0 aliphatic rings. The Kier molecular flexibility index (Phi) is 7.29. The number of hydrogen-bond donors (Lipinski definition) is 0. The average molecular weight is 516 g/mol. The van der Waals surface area contributed by atoms with Gasteiger partial charge in [0.25, 0.3) is 0 Å². The van der Waals surface area contributed by atoms with Gasteiger partial charge in [-0.25, -0.2) is 35.1 Å². The van der Waals surface area contributed by atoms with Crippen LogP contribution in [0.25, 0.3) is 39.7 Å². The van der Waals surface area contributed by atoms with Crippen molar-refractivity contribution in [2.45, 2.75) is 6.92 Å². The van der Waals surface area contributed by atoms with Crippen LogP contribution in [0, 0.1) is 23.3 Å². The molecule has 0 N–H and O–H groups in total. The van der Waals surface area contributed by atoms with E-state index in [2.05, 4.69) is 0 Å². The van der Waals surface area contributed by atoms with Crippen molar-refractivity contribution in [3.63, 3.8) is 0 Å². The zero-order valence-corrected chi connectivity index (χ0v) is 19.0. The third kappa shape index (κ3) is 5.33. The Morgan fingerprint density at radius 2 is 0.892 bits per heavy atom. The summed E-state index contributed by atoms with van der Waals surface area (Å²) in [6.07, 6.45) is 0. The monoisotopic (exact) mass is 516 g/mol. The number of benzene rings is 4. The first-order valence-electron chi connectivity index (χ1n) is 10.8. The minimum atomic E-state index is -1.71. The Morgan fingerprint density at radius 3 is 1.35 bits per heavy atom. The Hall–Kier alpha value is -4.20. The van der Waals surface area contributed by atoms with Crippen molar-refractivity contribution >= 4 is 17.5 Å². The lowest BCUT2D eigenvalue weighted by Gasteiger charge is -2.08. The van der Waals surface area contributed by atoms with Crippen LogP contribution in [0.15, 0.2) is 84.7 Å². The number of allylic oxidation sites excluding steroid dienone is 1. The van der Waals surface area contributed by atoms with E-state index >= 15 is 0 Å². The van der Waals surface area contributed by atoms with Crippen molar-refractivity contribution < 1.29 is 35.1 Å².